The van der Waals surface area contributed by atoms with E-state index in [0.29, 0.717) is 34.4 Å². The van der Waals surface area contributed by atoms with E-state index in [0.717, 1.165) is 11.1 Å². The fraction of sp³-hybridized carbons (Fsp3) is 0.440. The van der Waals surface area contributed by atoms with Crippen molar-refractivity contribution in [2.75, 3.05) is 14.2 Å². The molecular formula is C25H32Cl2N2O4. The summed E-state index contributed by atoms with van der Waals surface area (Å²) in [6, 6.07) is 10.2. The third-order valence-corrected chi connectivity index (χ3v) is 5.97. The third-order valence-electron chi connectivity index (χ3n) is 5.23. The zero-order valence-corrected chi connectivity index (χ0v) is 21.3. The standard InChI is InChI=1S/C25H32Cl2N2O4/c1-6-21(25(31)28-16(2)3)29(15-18-7-10-19(26)20(27)13-18)24(30)12-9-17-8-11-22(32-4)23(14-17)33-5/h7-8,10-11,13-14,16,21H,6,9,12,15H2,1-5H3,(H,28,31). The number of carbonyl (C=O) groups excluding carboxylic acids is 2. The molecule has 1 atom stereocenters. The Bertz CT molecular complexity index is 965. The molecule has 0 saturated carbocycles. The highest BCUT2D eigenvalue weighted by molar-refractivity contribution is 6.42. The summed E-state index contributed by atoms with van der Waals surface area (Å²) in [5.74, 6) is 0.941. The maximum Gasteiger partial charge on any atom is 0.243 e. The van der Waals surface area contributed by atoms with E-state index < -0.39 is 6.04 Å². The number of aryl methyl sites for hydroxylation is 1. The molecule has 33 heavy (non-hydrogen) atoms. The van der Waals surface area contributed by atoms with Crippen LogP contribution in [0, 0.1) is 0 Å². The van der Waals surface area contributed by atoms with Crippen molar-refractivity contribution < 1.29 is 19.1 Å². The average molecular weight is 495 g/mol. The highest BCUT2D eigenvalue weighted by atomic mass is 35.5. The molecular weight excluding hydrogens is 463 g/mol. The second-order valence-corrected chi connectivity index (χ2v) is 8.86. The van der Waals surface area contributed by atoms with Crippen LogP contribution in [0.1, 0.15) is 44.7 Å². The van der Waals surface area contributed by atoms with E-state index in [9.17, 15) is 9.59 Å². The molecule has 0 aliphatic heterocycles. The lowest BCUT2D eigenvalue weighted by Crippen LogP contribution is -2.50. The van der Waals surface area contributed by atoms with Gasteiger partial charge in [-0.1, -0.05) is 42.3 Å². The zero-order valence-electron chi connectivity index (χ0n) is 19.8. The number of hydrogen-bond acceptors (Lipinski definition) is 4. The first-order chi connectivity index (χ1) is 15.7. The summed E-state index contributed by atoms with van der Waals surface area (Å²) in [6.07, 6.45) is 1.23. The van der Waals surface area contributed by atoms with E-state index in [1.54, 1.807) is 31.3 Å². The molecule has 0 bridgehead atoms. The molecule has 0 heterocycles. The molecule has 0 radical (unpaired) electrons. The van der Waals surface area contributed by atoms with E-state index in [1.807, 2.05) is 45.0 Å². The number of nitrogens with zero attached hydrogens (tertiary/aromatic N) is 1. The van der Waals surface area contributed by atoms with E-state index in [-0.39, 0.29) is 30.8 Å². The normalized spacial score (nSPS) is 11.8. The molecule has 0 saturated heterocycles. The van der Waals surface area contributed by atoms with Crippen molar-refractivity contribution in [2.24, 2.45) is 0 Å². The quantitative estimate of drug-likeness (QED) is 0.461. The highest BCUT2D eigenvalue weighted by Gasteiger charge is 2.29. The van der Waals surface area contributed by atoms with Crippen LogP contribution in [0.15, 0.2) is 36.4 Å². The maximum atomic E-state index is 13.4. The Morgan fingerprint density at radius 1 is 0.970 bits per heavy atom. The largest absolute Gasteiger partial charge is 0.493 e. The number of amides is 2. The number of rotatable bonds is 11. The van der Waals surface area contributed by atoms with Crippen LogP contribution in [0.4, 0.5) is 0 Å². The maximum absolute atomic E-state index is 13.4. The van der Waals surface area contributed by atoms with Crippen LogP contribution in [0.5, 0.6) is 11.5 Å². The van der Waals surface area contributed by atoms with Gasteiger partial charge in [-0.25, -0.2) is 0 Å². The molecule has 1 unspecified atom stereocenters. The van der Waals surface area contributed by atoms with E-state index in [4.69, 9.17) is 32.7 Å². The summed E-state index contributed by atoms with van der Waals surface area (Å²) < 4.78 is 10.6. The average Bonchev–Trinajstić information content (AvgIpc) is 2.78. The number of methoxy groups -OCH3 is 2. The number of ether oxygens (including phenoxy) is 2. The molecule has 2 amide bonds. The predicted molar refractivity (Wildman–Crippen MR) is 132 cm³/mol. The van der Waals surface area contributed by atoms with Gasteiger partial charge in [0.25, 0.3) is 0 Å². The van der Waals surface area contributed by atoms with Crippen LogP contribution in [0.25, 0.3) is 0 Å². The van der Waals surface area contributed by atoms with Crippen LogP contribution in [-0.4, -0.2) is 43.0 Å². The molecule has 0 spiro atoms. The molecule has 2 rings (SSSR count). The summed E-state index contributed by atoms with van der Waals surface area (Å²) in [7, 11) is 3.15. The minimum Gasteiger partial charge on any atom is -0.493 e. The van der Waals surface area contributed by atoms with Crippen LogP contribution in [-0.2, 0) is 22.6 Å². The Labute approximate surface area is 206 Å². The van der Waals surface area contributed by atoms with Crippen molar-refractivity contribution >= 4 is 35.0 Å². The first-order valence-corrected chi connectivity index (χ1v) is 11.7. The Morgan fingerprint density at radius 3 is 2.21 bits per heavy atom. The van der Waals surface area contributed by atoms with Gasteiger partial charge in [-0.05, 0) is 62.1 Å². The second kappa shape index (κ2) is 12.7. The van der Waals surface area contributed by atoms with Gasteiger partial charge in [0.05, 0.1) is 24.3 Å². The van der Waals surface area contributed by atoms with Gasteiger partial charge in [0.1, 0.15) is 6.04 Å². The summed E-state index contributed by atoms with van der Waals surface area (Å²) in [6.45, 7) is 5.94. The number of benzene rings is 2. The fourth-order valence-electron chi connectivity index (χ4n) is 3.57. The Hall–Kier alpha value is -2.44. The topological polar surface area (TPSA) is 67.9 Å². The van der Waals surface area contributed by atoms with Crippen LogP contribution in [0.2, 0.25) is 10.0 Å². The van der Waals surface area contributed by atoms with Crippen molar-refractivity contribution in [3.8, 4) is 11.5 Å². The van der Waals surface area contributed by atoms with Crippen molar-refractivity contribution in [1.82, 2.24) is 10.2 Å². The summed E-state index contributed by atoms with van der Waals surface area (Å²) in [5, 5.41) is 3.78. The first-order valence-electron chi connectivity index (χ1n) is 10.9. The van der Waals surface area contributed by atoms with Gasteiger partial charge in [0.15, 0.2) is 11.5 Å². The molecule has 1 N–H and O–H groups in total. The van der Waals surface area contributed by atoms with Crippen molar-refractivity contribution in [3.05, 3.63) is 57.6 Å². The van der Waals surface area contributed by atoms with Crippen LogP contribution >= 0.6 is 23.2 Å². The van der Waals surface area contributed by atoms with Gasteiger partial charge in [0, 0.05) is 19.0 Å². The minimum atomic E-state index is -0.597. The zero-order chi connectivity index (χ0) is 24.5. The predicted octanol–water partition coefficient (Wildman–Crippen LogP) is 5.28. The Balaban J connectivity index is 2.26. The highest BCUT2D eigenvalue weighted by Crippen LogP contribution is 2.28. The number of nitrogens with one attached hydrogen (secondary N) is 1. The fourth-order valence-corrected chi connectivity index (χ4v) is 3.89. The molecule has 6 nitrogen and oxygen atoms in total. The van der Waals surface area contributed by atoms with Gasteiger partial charge in [-0.2, -0.15) is 0 Å². The molecule has 8 heteroatoms. The van der Waals surface area contributed by atoms with Crippen molar-refractivity contribution in [3.63, 3.8) is 0 Å². The van der Waals surface area contributed by atoms with Gasteiger partial charge in [-0.15, -0.1) is 0 Å². The van der Waals surface area contributed by atoms with E-state index >= 15 is 0 Å². The number of hydrogen-bond donors (Lipinski definition) is 1. The second-order valence-electron chi connectivity index (χ2n) is 8.05. The first kappa shape index (κ1) is 26.8. The smallest absolute Gasteiger partial charge is 0.243 e. The minimum absolute atomic E-state index is 0.0276. The van der Waals surface area contributed by atoms with Crippen molar-refractivity contribution in [1.29, 1.82) is 0 Å². The SMILES string of the molecule is CCC(C(=O)NC(C)C)N(Cc1ccc(Cl)c(Cl)c1)C(=O)CCc1ccc(OC)c(OC)c1. The summed E-state index contributed by atoms with van der Waals surface area (Å²) >= 11 is 12.2. The van der Waals surface area contributed by atoms with E-state index in [1.165, 1.54) is 0 Å². The van der Waals surface area contributed by atoms with Gasteiger partial charge in [-0.3, -0.25) is 9.59 Å². The van der Waals surface area contributed by atoms with E-state index in [2.05, 4.69) is 5.32 Å². The van der Waals surface area contributed by atoms with Crippen molar-refractivity contribution in [2.45, 2.75) is 58.7 Å². The molecule has 0 aliphatic rings. The molecule has 0 aliphatic carbocycles. The molecule has 2 aromatic rings. The molecule has 0 fully saturated rings. The van der Waals surface area contributed by atoms with Gasteiger partial charge in [0.2, 0.25) is 11.8 Å². The Morgan fingerprint density at radius 2 is 1.64 bits per heavy atom. The summed E-state index contributed by atoms with van der Waals surface area (Å²) in [4.78, 5) is 27.9. The lowest BCUT2D eigenvalue weighted by atomic mass is 10.1. The van der Waals surface area contributed by atoms with Crippen LogP contribution in [0.3, 0.4) is 0 Å². The van der Waals surface area contributed by atoms with Crippen LogP contribution < -0.4 is 14.8 Å². The third kappa shape index (κ3) is 7.54. The lowest BCUT2D eigenvalue weighted by molar-refractivity contribution is -0.141. The monoisotopic (exact) mass is 494 g/mol. The number of halogens is 2. The molecule has 2 aromatic carbocycles. The lowest BCUT2D eigenvalue weighted by Gasteiger charge is -2.31. The molecule has 180 valence electrons. The Kier molecular flexibility index (Phi) is 10.3. The molecule has 0 aromatic heterocycles. The van der Waals surface area contributed by atoms with Gasteiger partial charge < -0.3 is 19.7 Å². The summed E-state index contributed by atoms with van der Waals surface area (Å²) in [5.41, 5.74) is 1.75. The van der Waals surface area contributed by atoms with Gasteiger partial charge >= 0.3 is 0 Å². The number of carbonyl (C=O) groups is 2.